The highest BCUT2D eigenvalue weighted by molar-refractivity contribution is 6.04. The van der Waals surface area contributed by atoms with Gasteiger partial charge in [0.1, 0.15) is 12.0 Å². The van der Waals surface area contributed by atoms with Crippen molar-refractivity contribution < 1.29 is 14.1 Å². The van der Waals surface area contributed by atoms with E-state index in [1.54, 1.807) is 31.4 Å². The number of nitrogens with one attached hydrogen (secondary N) is 1. The molecule has 10 heteroatoms. The second kappa shape index (κ2) is 7.68. The highest BCUT2D eigenvalue weighted by atomic mass is 16.5. The summed E-state index contributed by atoms with van der Waals surface area (Å²) in [5, 5.41) is 6.08. The maximum absolute atomic E-state index is 12.7. The van der Waals surface area contributed by atoms with Crippen LogP contribution in [0, 0.1) is 0 Å². The first-order chi connectivity index (χ1) is 13.0. The molecule has 3 aromatic heterocycles. The Morgan fingerprint density at radius 3 is 2.85 bits per heavy atom. The lowest BCUT2D eigenvalue weighted by Gasteiger charge is -2.22. The van der Waals surface area contributed by atoms with Crippen molar-refractivity contribution in [3.63, 3.8) is 0 Å². The van der Waals surface area contributed by atoms with Crippen molar-refractivity contribution in [3.05, 3.63) is 58.6 Å². The summed E-state index contributed by atoms with van der Waals surface area (Å²) in [5.74, 6) is -0.450. The lowest BCUT2D eigenvalue weighted by Crippen LogP contribution is -2.32. The zero-order valence-electron chi connectivity index (χ0n) is 15.0. The Labute approximate surface area is 154 Å². The summed E-state index contributed by atoms with van der Waals surface area (Å²) < 4.78 is 11.1. The number of hydrogen-bond donors (Lipinski definition) is 1. The van der Waals surface area contributed by atoms with Crippen LogP contribution < -0.4 is 20.5 Å². The first-order valence-corrected chi connectivity index (χ1v) is 7.97. The van der Waals surface area contributed by atoms with E-state index in [1.807, 2.05) is 12.1 Å². The molecule has 0 aromatic carbocycles. The molecule has 0 fully saturated rings. The molecule has 0 aliphatic heterocycles. The first-order valence-electron chi connectivity index (χ1n) is 7.97. The third-order valence-electron chi connectivity index (χ3n) is 3.82. The van der Waals surface area contributed by atoms with Crippen LogP contribution in [0.1, 0.15) is 16.1 Å². The number of anilines is 2. The van der Waals surface area contributed by atoms with Gasteiger partial charge in [-0.2, -0.15) is 0 Å². The van der Waals surface area contributed by atoms with Gasteiger partial charge in [-0.05, 0) is 11.6 Å². The van der Waals surface area contributed by atoms with Crippen LogP contribution >= 0.6 is 0 Å². The monoisotopic (exact) mass is 370 g/mol. The molecule has 3 heterocycles. The Morgan fingerprint density at radius 1 is 1.41 bits per heavy atom. The van der Waals surface area contributed by atoms with E-state index in [2.05, 4.69) is 25.0 Å². The van der Waals surface area contributed by atoms with E-state index in [9.17, 15) is 9.59 Å². The maximum atomic E-state index is 12.7. The summed E-state index contributed by atoms with van der Waals surface area (Å²) in [6.45, 7) is 0.452. The number of carbonyl (C=O) groups excluding carboxylic acids is 1. The molecule has 0 bridgehead atoms. The normalized spacial score (nSPS) is 10.5. The molecule has 0 unspecified atom stereocenters. The molecule has 10 nitrogen and oxygen atoms in total. The van der Waals surface area contributed by atoms with Gasteiger partial charge in [0.05, 0.1) is 13.3 Å². The van der Waals surface area contributed by atoms with E-state index in [1.165, 1.54) is 24.1 Å². The van der Waals surface area contributed by atoms with Crippen molar-refractivity contribution in [2.75, 3.05) is 24.4 Å². The first kappa shape index (κ1) is 18.1. The van der Waals surface area contributed by atoms with Crippen LogP contribution in [0.15, 0.2) is 46.3 Å². The molecule has 1 amide bonds. The molecule has 0 aliphatic carbocycles. The van der Waals surface area contributed by atoms with Crippen molar-refractivity contribution in [2.24, 2.45) is 7.05 Å². The summed E-state index contributed by atoms with van der Waals surface area (Å²) in [5.41, 5.74) is 0.668. The molecule has 3 aromatic rings. The van der Waals surface area contributed by atoms with Crippen LogP contribution in [0.2, 0.25) is 0 Å². The van der Waals surface area contributed by atoms with Crippen LogP contribution in [0.5, 0.6) is 5.75 Å². The molecule has 0 aliphatic rings. The highest BCUT2D eigenvalue weighted by Gasteiger charge is 2.23. The zero-order valence-corrected chi connectivity index (χ0v) is 15.0. The third kappa shape index (κ3) is 3.78. The molecule has 3 rings (SSSR count). The number of pyridine rings is 1. The number of rotatable bonds is 6. The fraction of sp³-hybridized carbons (Fsp3) is 0.235. The van der Waals surface area contributed by atoms with E-state index in [0.717, 1.165) is 5.56 Å². The van der Waals surface area contributed by atoms with Crippen molar-refractivity contribution in [1.29, 1.82) is 0 Å². The van der Waals surface area contributed by atoms with Gasteiger partial charge in [-0.25, -0.2) is 4.98 Å². The van der Waals surface area contributed by atoms with Crippen LogP contribution in [0.4, 0.5) is 11.6 Å². The molecule has 0 saturated heterocycles. The smallest absolute Gasteiger partial charge is 0.297 e. The van der Waals surface area contributed by atoms with Crippen molar-refractivity contribution in [2.45, 2.75) is 6.54 Å². The third-order valence-corrected chi connectivity index (χ3v) is 3.82. The van der Waals surface area contributed by atoms with E-state index >= 15 is 0 Å². The van der Waals surface area contributed by atoms with Crippen LogP contribution in [0.3, 0.4) is 0 Å². The Kier molecular flexibility index (Phi) is 5.15. The highest BCUT2D eigenvalue weighted by Crippen LogP contribution is 2.18. The lowest BCUT2D eigenvalue weighted by atomic mass is 10.3. The Morgan fingerprint density at radius 2 is 2.22 bits per heavy atom. The van der Waals surface area contributed by atoms with E-state index in [-0.39, 0.29) is 11.4 Å². The number of carbonyl (C=O) groups is 1. The number of nitrogens with zero attached hydrogens (tertiary/aromatic N) is 5. The molecule has 0 atom stereocenters. The second-order valence-electron chi connectivity index (χ2n) is 5.74. The largest absolute Gasteiger partial charge is 0.489 e. The number of aromatic nitrogens is 4. The lowest BCUT2D eigenvalue weighted by molar-refractivity contribution is 0.101. The molecule has 0 radical (unpaired) electrons. The van der Waals surface area contributed by atoms with Crippen LogP contribution in [0.25, 0.3) is 0 Å². The van der Waals surface area contributed by atoms with Gasteiger partial charge in [-0.3, -0.25) is 19.1 Å². The Bertz CT molecular complexity index is 985. The Balaban J connectivity index is 1.98. The second-order valence-corrected chi connectivity index (χ2v) is 5.74. The molecule has 1 N–H and O–H groups in total. The zero-order chi connectivity index (χ0) is 19.4. The van der Waals surface area contributed by atoms with Crippen molar-refractivity contribution in [1.82, 2.24) is 19.7 Å². The van der Waals surface area contributed by atoms with Crippen molar-refractivity contribution >= 4 is 17.5 Å². The molecular formula is C17H18N6O4. The van der Waals surface area contributed by atoms with Gasteiger partial charge in [-0.1, -0.05) is 11.2 Å². The summed E-state index contributed by atoms with van der Waals surface area (Å²) in [7, 11) is 4.64. The number of hydrogen-bond acceptors (Lipinski definition) is 8. The SMILES string of the molecule is COc1c(C(=O)Nc2cnoc2)nc(N(C)Cc2cccnc2)n(C)c1=O. The summed E-state index contributed by atoms with van der Waals surface area (Å²) >= 11 is 0. The van der Waals surface area contributed by atoms with E-state index < -0.39 is 11.5 Å². The minimum atomic E-state index is -0.608. The topological polar surface area (TPSA) is 115 Å². The summed E-state index contributed by atoms with van der Waals surface area (Å²) in [6, 6.07) is 3.73. The average molecular weight is 370 g/mol. The van der Waals surface area contributed by atoms with Gasteiger partial charge in [0.15, 0.2) is 5.69 Å². The molecule has 140 valence electrons. The quantitative estimate of drug-likeness (QED) is 0.685. The molecular weight excluding hydrogens is 352 g/mol. The number of amides is 1. The summed E-state index contributed by atoms with van der Waals surface area (Å²) in [6.07, 6.45) is 6.00. The molecule has 0 saturated carbocycles. The minimum absolute atomic E-state index is 0.130. The van der Waals surface area contributed by atoms with Gasteiger partial charge in [0.2, 0.25) is 11.7 Å². The van der Waals surface area contributed by atoms with Gasteiger partial charge in [0.25, 0.3) is 11.5 Å². The number of ether oxygens (including phenoxy) is 1. The predicted molar refractivity (Wildman–Crippen MR) is 96.8 cm³/mol. The fourth-order valence-corrected chi connectivity index (χ4v) is 2.54. The van der Waals surface area contributed by atoms with Gasteiger partial charge >= 0.3 is 0 Å². The number of methoxy groups -OCH3 is 1. The van der Waals surface area contributed by atoms with Gasteiger partial charge in [0, 0.05) is 33.0 Å². The van der Waals surface area contributed by atoms with Crippen molar-refractivity contribution in [3.8, 4) is 5.75 Å². The fourth-order valence-electron chi connectivity index (χ4n) is 2.54. The van der Waals surface area contributed by atoms with E-state index in [0.29, 0.717) is 18.2 Å². The average Bonchev–Trinajstić information content (AvgIpc) is 3.17. The molecule has 27 heavy (non-hydrogen) atoms. The predicted octanol–water partition coefficient (Wildman–Crippen LogP) is 1.06. The van der Waals surface area contributed by atoms with E-state index in [4.69, 9.17) is 4.74 Å². The van der Waals surface area contributed by atoms with Crippen LogP contribution in [-0.4, -0.2) is 39.8 Å². The Hall–Kier alpha value is -3.69. The minimum Gasteiger partial charge on any atom is -0.489 e. The van der Waals surface area contributed by atoms with Crippen LogP contribution in [-0.2, 0) is 13.6 Å². The maximum Gasteiger partial charge on any atom is 0.297 e. The van der Waals surface area contributed by atoms with Gasteiger partial charge in [-0.15, -0.1) is 0 Å². The standard InChI is InChI=1S/C17H18N6O4/c1-22(9-11-5-4-6-18-7-11)17-21-13(14(26-3)16(25)23(17)2)15(24)20-12-8-19-27-10-12/h4-8,10H,9H2,1-3H3,(H,20,24). The molecule has 0 spiro atoms. The van der Waals surface area contributed by atoms with Gasteiger partial charge < -0.3 is 19.5 Å². The summed E-state index contributed by atoms with van der Waals surface area (Å²) in [4.78, 5) is 35.4.